The van der Waals surface area contributed by atoms with Crippen molar-refractivity contribution >= 4 is 17.3 Å². The molecule has 0 fully saturated rings. The van der Waals surface area contributed by atoms with Crippen LogP contribution in [-0.2, 0) is 11.2 Å². The quantitative estimate of drug-likeness (QED) is 0.591. The maximum atomic E-state index is 12.2. The molecule has 1 atom stereocenters. The first-order valence-corrected chi connectivity index (χ1v) is 8.59. The van der Waals surface area contributed by atoms with Gasteiger partial charge in [-0.25, -0.2) is 0 Å². The number of carbonyl (C=O) groups excluding carboxylic acids is 1. The van der Waals surface area contributed by atoms with Gasteiger partial charge in [-0.3, -0.25) is 14.9 Å². The fourth-order valence-electron chi connectivity index (χ4n) is 2.81. The summed E-state index contributed by atoms with van der Waals surface area (Å²) in [5.74, 6) is 1.31. The molecule has 0 unspecified atom stereocenters. The van der Waals surface area contributed by atoms with E-state index in [1.165, 1.54) is 24.3 Å². The van der Waals surface area contributed by atoms with Crippen LogP contribution in [0.1, 0.15) is 19.4 Å². The van der Waals surface area contributed by atoms with Gasteiger partial charge in [0.15, 0.2) is 6.61 Å². The number of carbonyl (C=O) groups is 1. The number of hydrogen-bond acceptors (Lipinski definition) is 6. The number of hydrogen-bond donors (Lipinski definition) is 1. The fourth-order valence-corrected chi connectivity index (χ4v) is 2.81. The average molecular weight is 372 g/mol. The van der Waals surface area contributed by atoms with Crippen molar-refractivity contribution < 1.29 is 23.9 Å². The second-order valence-electron chi connectivity index (χ2n) is 6.11. The highest BCUT2D eigenvalue weighted by atomic mass is 16.6. The molecule has 8 heteroatoms. The number of non-ortho nitro benzene ring substituents is 1. The van der Waals surface area contributed by atoms with Gasteiger partial charge in [-0.1, -0.05) is 0 Å². The van der Waals surface area contributed by atoms with Crippen molar-refractivity contribution in [1.82, 2.24) is 0 Å². The normalized spacial score (nSPS) is 14.8. The molecule has 0 spiro atoms. The van der Waals surface area contributed by atoms with Crippen LogP contribution in [0.3, 0.4) is 0 Å². The Hall–Kier alpha value is -3.29. The number of nitro benzene ring substituents is 1. The number of nitrogens with zero attached hydrogens (tertiary/aromatic N) is 1. The van der Waals surface area contributed by atoms with Gasteiger partial charge in [-0.15, -0.1) is 0 Å². The van der Waals surface area contributed by atoms with Crippen molar-refractivity contribution in [3.05, 3.63) is 52.1 Å². The predicted octanol–water partition coefficient (Wildman–Crippen LogP) is 3.33. The monoisotopic (exact) mass is 372 g/mol. The molecule has 0 saturated carbocycles. The molecule has 1 heterocycles. The molecule has 1 aliphatic heterocycles. The van der Waals surface area contributed by atoms with Crippen LogP contribution in [0.15, 0.2) is 36.4 Å². The van der Waals surface area contributed by atoms with E-state index in [9.17, 15) is 14.9 Å². The Labute approximate surface area is 156 Å². The molecule has 0 aromatic heterocycles. The van der Waals surface area contributed by atoms with Crippen LogP contribution in [0.5, 0.6) is 17.2 Å². The maximum Gasteiger partial charge on any atom is 0.269 e. The van der Waals surface area contributed by atoms with E-state index in [1.807, 2.05) is 19.9 Å². The zero-order valence-electron chi connectivity index (χ0n) is 15.1. The van der Waals surface area contributed by atoms with Crippen molar-refractivity contribution in [2.45, 2.75) is 26.4 Å². The third kappa shape index (κ3) is 4.46. The molecular weight excluding hydrogens is 352 g/mol. The van der Waals surface area contributed by atoms with Gasteiger partial charge < -0.3 is 19.5 Å². The molecule has 0 aliphatic carbocycles. The van der Waals surface area contributed by atoms with Crippen LogP contribution in [-0.4, -0.2) is 30.1 Å². The molecular formula is C19H20N2O6. The Balaban J connectivity index is 1.65. The van der Waals surface area contributed by atoms with E-state index in [1.54, 1.807) is 6.07 Å². The minimum atomic E-state index is -0.497. The van der Waals surface area contributed by atoms with Crippen LogP contribution in [0, 0.1) is 10.1 Å². The predicted molar refractivity (Wildman–Crippen MR) is 98.6 cm³/mol. The summed E-state index contributed by atoms with van der Waals surface area (Å²) < 4.78 is 16.7. The summed E-state index contributed by atoms with van der Waals surface area (Å²) >= 11 is 0. The average Bonchev–Trinajstić information content (AvgIpc) is 2.99. The number of amides is 1. The van der Waals surface area contributed by atoms with Crippen molar-refractivity contribution in [1.29, 1.82) is 0 Å². The molecule has 8 nitrogen and oxygen atoms in total. The van der Waals surface area contributed by atoms with Gasteiger partial charge >= 0.3 is 0 Å². The maximum absolute atomic E-state index is 12.2. The molecule has 2 aromatic carbocycles. The zero-order valence-corrected chi connectivity index (χ0v) is 15.1. The molecule has 142 valence electrons. The topological polar surface area (TPSA) is 99.9 Å². The van der Waals surface area contributed by atoms with Crippen LogP contribution >= 0.6 is 0 Å². The van der Waals surface area contributed by atoms with Crippen LogP contribution in [0.4, 0.5) is 11.4 Å². The summed E-state index contributed by atoms with van der Waals surface area (Å²) in [7, 11) is 0. The van der Waals surface area contributed by atoms with E-state index in [4.69, 9.17) is 14.2 Å². The van der Waals surface area contributed by atoms with Gasteiger partial charge in [-0.2, -0.15) is 0 Å². The number of nitro groups is 1. The largest absolute Gasteiger partial charge is 0.492 e. The summed E-state index contributed by atoms with van der Waals surface area (Å²) in [6.45, 7) is 4.08. The lowest BCUT2D eigenvalue weighted by Crippen LogP contribution is -2.20. The SMILES string of the molecule is CCOc1cc2c(cc1NC(=O)COc1ccc([N+](=O)[O-])cc1)O[C@@H](C)C2. The lowest BCUT2D eigenvalue weighted by atomic mass is 10.1. The standard InChI is InChI=1S/C19H20N2O6/c1-3-25-18-9-13-8-12(2)27-17(13)10-16(18)20-19(22)11-26-15-6-4-14(5-7-15)21(23)24/h4-7,9-10,12H,3,8,11H2,1-2H3,(H,20,22)/t12-/m0/s1. The molecule has 2 aromatic rings. The summed E-state index contributed by atoms with van der Waals surface area (Å²) in [5.41, 5.74) is 1.52. The molecule has 0 bridgehead atoms. The Bertz CT molecular complexity index is 850. The zero-order chi connectivity index (χ0) is 19.4. The van der Waals surface area contributed by atoms with Gasteiger partial charge in [0.1, 0.15) is 23.4 Å². The third-order valence-corrected chi connectivity index (χ3v) is 3.99. The van der Waals surface area contributed by atoms with E-state index in [2.05, 4.69) is 5.32 Å². The van der Waals surface area contributed by atoms with Gasteiger partial charge in [0.2, 0.25) is 0 Å². The van der Waals surface area contributed by atoms with Crippen molar-refractivity contribution in [2.75, 3.05) is 18.5 Å². The number of fused-ring (bicyclic) bond motifs is 1. The molecule has 0 saturated heterocycles. The van der Waals surface area contributed by atoms with Gasteiger partial charge in [-0.05, 0) is 32.0 Å². The summed E-state index contributed by atoms with van der Waals surface area (Å²) in [4.78, 5) is 22.4. The Kier molecular flexibility index (Phi) is 5.44. The molecule has 1 amide bonds. The number of benzene rings is 2. The summed E-state index contributed by atoms with van der Waals surface area (Å²) in [6.07, 6.45) is 0.887. The van der Waals surface area contributed by atoms with E-state index in [0.29, 0.717) is 23.8 Å². The van der Waals surface area contributed by atoms with E-state index in [-0.39, 0.29) is 24.3 Å². The van der Waals surface area contributed by atoms with Crippen LogP contribution in [0.25, 0.3) is 0 Å². The highest BCUT2D eigenvalue weighted by Crippen LogP contribution is 2.38. The second kappa shape index (κ2) is 7.94. The first-order chi connectivity index (χ1) is 13.0. The van der Waals surface area contributed by atoms with Crippen molar-refractivity contribution in [2.24, 2.45) is 0 Å². The second-order valence-corrected chi connectivity index (χ2v) is 6.11. The summed E-state index contributed by atoms with van der Waals surface area (Å²) in [6, 6.07) is 9.17. The minimum absolute atomic E-state index is 0.0412. The first kappa shape index (κ1) is 18.5. The molecule has 1 aliphatic rings. The van der Waals surface area contributed by atoms with Gasteiger partial charge in [0.25, 0.3) is 11.6 Å². The lowest BCUT2D eigenvalue weighted by Gasteiger charge is -2.14. The first-order valence-electron chi connectivity index (χ1n) is 8.59. The smallest absolute Gasteiger partial charge is 0.269 e. The van der Waals surface area contributed by atoms with Gasteiger partial charge in [0.05, 0.1) is 17.2 Å². The number of rotatable bonds is 7. The van der Waals surface area contributed by atoms with Gasteiger partial charge in [0, 0.05) is 30.2 Å². The van der Waals surface area contributed by atoms with E-state index in [0.717, 1.165) is 17.7 Å². The third-order valence-electron chi connectivity index (χ3n) is 3.99. The van der Waals surface area contributed by atoms with Crippen molar-refractivity contribution in [3.8, 4) is 17.2 Å². The highest BCUT2D eigenvalue weighted by Gasteiger charge is 2.22. The Morgan fingerprint density at radius 2 is 2.04 bits per heavy atom. The summed E-state index contributed by atoms with van der Waals surface area (Å²) in [5, 5.41) is 13.4. The van der Waals surface area contributed by atoms with E-state index >= 15 is 0 Å². The number of ether oxygens (including phenoxy) is 3. The fraction of sp³-hybridized carbons (Fsp3) is 0.316. The Morgan fingerprint density at radius 3 is 2.70 bits per heavy atom. The Morgan fingerprint density at radius 1 is 1.30 bits per heavy atom. The van der Waals surface area contributed by atoms with Crippen molar-refractivity contribution in [3.63, 3.8) is 0 Å². The number of nitrogens with one attached hydrogen (secondary N) is 1. The molecule has 1 N–H and O–H groups in total. The minimum Gasteiger partial charge on any atom is -0.492 e. The van der Waals surface area contributed by atoms with E-state index < -0.39 is 4.92 Å². The molecule has 27 heavy (non-hydrogen) atoms. The molecule has 0 radical (unpaired) electrons. The molecule has 3 rings (SSSR count). The van der Waals surface area contributed by atoms with Crippen LogP contribution in [0.2, 0.25) is 0 Å². The number of anilines is 1. The highest BCUT2D eigenvalue weighted by molar-refractivity contribution is 5.93. The lowest BCUT2D eigenvalue weighted by molar-refractivity contribution is -0.384. The van der Waals surface area contributed by atoms with Crippen LogP contribution < -0.4 is 19.5 Å².